The lowest BCUT2D eigenvalue weighted by Gasteiger charge is -2.21. The summed E-state index contributed by atoms with van der Waals surface area (Å²) in [4.78, 5) is 19.5. The van der Waals surface area contributed by atoms with Crippen LogP contribution in [0.15, 0.2) is 12.4 Å². The van der Waals surface area contributed by atoms with Crippen LogP contribution < -0.4 is 5.32 Å². The van der Waals surface area contributed by atoms with Crippen LogP contribution in [0.25, 0.3) is 0 Å². The Morgan fingerprint density at radius 1 is 1.50 bits per heavy atom. The first-order chi connectivity index (χ1) is 8.79. The fourth-order valence-electron chi connectivity index (χ4n) is 1.85. The number of carbonyl (C=O) groups excluding carboxylic acids is 1. The molecule has 1 fully saturated rings. The maximum absolute atomic E-state index is 11.3. The molecule has 98 valence electrons. The molecule has 5 nitrogen and oxygen atoms in total. The lowest BCUT2D eigenvalue weighted by molar-refractivity contribution is 0.0593. The fraction of sp³-hybridized carbons (Fsp3) is 0.583. The number of hydrogen-bond donors (Lipinski definition) is 1. The van der Waals surface area contributed by atoms with Gasteiger partial charge in [-0.2, -0.15) is 11.8 Å². The number of anilines is 1. The van der Waals surface area contributed by atoms with Crippen molar-refractivity contribution in [1.82, 2.24) is 9.97 Å². The monoisotopic (exact) mass is 267 g/mol. The number of thioether (sulfide) groups is 1. The molecule has 1 aliphatic rings. The highest BCUT2D eigenvalue weighted by Gasteiger charge is 2.14. The van der Waals surface area contributed by atoms with Gasteiger partial charge < -0.3 is 10.1 Å². The van der Waals surface area contributed by atoms with Gasteiger partial charge in [0.1, 0.15) is 5.82 Å². The molecule has 0 aliphatic carbocycles. The summed E-state index contributed by atoms with van der Waals surface area (Å²) in [6, 6.07) is 0. The molecule has 1 saturated heterocycles. The molecule has 1 aromatic rings. The number of carbonyl (C=O) groups is 1. The lowest BCUT2D eigenvalue weighted by Crippen LogP contribution is -2.20. The molecule has 18 heavy (non-hydrogen) atoms. The van der Waals surface area contributed by atoms with Gasteiger partial charge in [-0.25, -0.2) is 9.78 Å². The number of hydrogen-bond acceptors (Lipinski definition) is 6. The van der Waals surface area contributed by atoms with Gasteiger partial charge in [-0.1, -0.05) is 0 Å². The summed E-state index contributed by atoms with van der Waals surface area (Å²) in [5.74, 6) is 3.34. The minimum Gasteiger partial charge on any atom is -0.464 e. The first kappa shape index (κ1) is 13.1. The molecule has 1 aliphatic heterocycles. The molecule has 0 aromatic carbocycles. The van der Waals surface area contributed by atoms with Gasteiger partial charge in [-0.15, -0.1) is 0 Å². The van der Waals surface area contributed by atoms with Crippen LogP contribution in [-0.4, -0.2) is 41.1 Å². The number of rotatable bonds is 4. The Morgan fingerprint density at radius 2 is 2.28 bits per heavy atom. The number of nitrogens with one attached hydrogen (secondary N) is 1. The van der Waals surface area contributed by atoms with E-state index in [0.717, 1.165) is 6.54 Å². The van der Waals surface area contributed by atoms with Crippen molar-refractivity contribution in [3.05, 3.63) is 18.1 Å². The van der Waals surface area contributed by atoms with Gasteiger partial charge in [0, 0.05) is 6.54 Å². The Hall–Kier alpha value is -1.30. The second-order valence-corrected chi connectivity index (χ2v) is 5.44. The molecule has 0 unspecified atom stereocenters. The summed E-state index contributed by atoms with van der Waals surface area (Å²) < 4.78 is 4.61. The molecule has 0 saturated carbocycles. The first-order valence-corrected chi connectivity index (χ1v) is 7.17. The second-order valence-electron chi connectivity index (χ2n) is 4.22. The average molecular weight is 267 g/mol. The molecule has 2 heterocycles. The molecule has 6 heteroatoms. The van der Waals surface area contributed by atoms with E-state index >= 15 is 0 Å². The van der Waals surface area contributed by atoms with Crippen LogP contribution in [0.1, 0.15) is 23.3 Å². The zero-order chi connectivity index (χ0) is 12.8. The van der Waals surface area contributed by atoms with Crippen molar-refractivity contribution in [3.63, 3.8) is 0 Å². The van der Waals surface area contributed by atoms with Gasteiger partial charge in [0.05, 0.1) is 19.5 Å². The van der Waals surface area contributed by atoms with Gasteiger partial charge in [-0.3, -0.25) is 4.98 Å². The normalized spacial score (nSPS) is 16.3. The van der Waals surface area contributed by atoms with Crippen molar-refractivity contribution in [3.8, 4) is 0 Å². The van der Waals surface area contributed by atoms with E-state index in [1.165, 1.54) is 37.7 Å². The third-order valence-electron chi connectivity index (χ3n) is 2.94. The molecule has 2 rings (SSSR count). The highest BCUT2D eigenvalue weighted by molar-refractivity contribution is 7.99. The average Bonchev–Trinajstić information content (AvgIpc) is 2.45. The third kappa shape index (κ3) is 3.60. The minimum absolute atomic E-state index is 0.238. The quantitative estimate of drug-likeness (QED) is 0.839. The standard InChI is InChI=1S/C12H17N3O2S/c1-17-12(16)10-7-13-8-11(15-10)14-6-9-2-4-18-5-3-9/h7-9H,2-6H2,1H3,(H,14,15). The minimum atomic E-state index is -0.458. The van der Waals surface area contributed by atoms with Crippen LogP contribution in [0.2, 0.25) is 0 Å². The van der Waals surface area contributed by atoms with E-state index in [1.54, 1.807) is 6.20 Å². The van der Waals surface area contributed by atoms with Crippen LogP contribution in [0.3, 0.4) is 0 Å². The Labute approximate surface area is 111 Å². The Kier molecular flexibility index (Phi) is 4.81. The van der Waals surface area contributed by atoms with E-state index in [2.05, 4.69) is 20.0 Å². The summed E-state index contributed by atoms with van der Waals surface area (Å²) in [7, 11) is 1.34. The highest BCUT2D eigenvalue weighted by Crippen LogP contribution is 2.22. The summed E-state index contributed by atoms with van der Waals surface area (Å²) in [5, 5.41) is 3.24. The first-order valence-electron chi connectivity index (χ1n) is 6.01. The van der Waals surface area contributed by atoms with E-state index in [1.807, 2.05) is 11.8 Å². The van der Waals surface area contributed by atoms with Gasteiger partial charge in [0.15, 0.2) is 5.69 Å². The summed E-state index contributed by atoms with van der Waals surface area (Å²) in [6.45, 7) is 0.889. The molecule has 0 spiro atoms. The molecule has 1 N–H and O–H groups in total. The summed E-state index contributed by atoms with van der Waals surface area (Å²) in [6.07, 6.45) is 5.52. The number of ether oxygens (including phenoxy) is 1. The van der Waals surface area contributed by atoms with Gasteiger partial charge >= 0.3 is 5.97 Å². The summed E-state index contributed by atoms with van der Waals surface area (Å²) in [5.41, 5.74) is 0.238. The number of nitrogens with zero attached hydrogens (tertiary/aromatic N) is 2. The number of esters is 1. The van der Waals surface area contributed by atoms with E-state index in [-0.39, 0.29) is 5.69 Å². The lowest BCUT2D eigenvalue weighted by atomic mass is 10.0. The van der Waals surface area contributed by atoms with Crippen LogP contribution >= 0.6 is 11.8 Å². The maximum atomic E-state index is 11.3. The SMILES string of the molecule is COC(=O)c1cncc(NCC2CCSCC2)n1. The van der Waals surface area contributed by atoms with E-state index in [9.17, 15) is 4.79 Å². The number of aromatic nitrogens is 2. The van der Waals surface area contributed by atoms with Gasteiger partial charge in [0.2, 0.25) is 0 Å². The topological polar surface area (TPSA) is 64.1 Å². The Balaban J connectivity index is 1.90. The van der Waals surface area contributed by atoms with Crippen LogP contribution in [0.4, 0.5) is 5.82 Å². The van der Waals surface area contributed by atoms with Crippen molar-refractivity contribution >= 4 is 23.5 Å². The van der Waals surface area contributed by atoms with E-state index < -0.39 is 5.97 Å². The molecule has 0 atom stereocenters. The van der Waals surface area contributed by atoms with Crippen molar-refractivity contribution < 1.29 is 9.53 Å². The van der Waals surface area contributed by atoms with Crippen molar-refractivity contribution in [2.45, 2.75) is 12.8 Å². The highest BCUT2D eigenvalue weighted by atomic mass is 32.2. The molecule has 0 amide bonds. The zero-order valence-corrected chi connectivity index (χ0v) is 11.2. The van der Waals surface area contributed by atoms with Gasteiger partial charge in [0.25, 0.3) is 0 Å². The van der Waals surface area contributed by atoms with E-state index in [4.69, 9.17) is 0 Å². The fourth-order valence-corrected chi connectivity index (χ4v) is 3.06. The number of methoxy groups -OCH3 is 1. The predicted octanol–water partition coefficient (Wildman–Crippen LogP) is 1.82. The second kappa shape index (κ2) is 6.58. The van der Waals surface area contributed by atoms with Crippen LogP contribution in [0, 0.1) is 5.92 Å². The Morgan fingerprint density at radius 3 is 3.00 bits per heavy atom. The molecule has 0 bridgehead atoms. The van der Waals surface area contributed by atoms with E-state index in [0.29, 0.717) is 11.7 Å². The maximum Gasteiger partial charge on any atom is 0.358 e. The molecular weight excluding hydrogens is 250 g/mol. The van der Waals surface area contributed by atoms with Crippen molar-refractivity contribution in [2.24, 2.45) is 5.92 Å². The smallest absolute Gasteiger partial charge is 0.358 e. The Bertz CT molecular complexity index is 408. The van der Waals surface area contributed by atoms with Crippen molar-refractivity contribution in [1.29, 1.82) is 0 Å². The molecular formula is C12H17N3O2S. The van der Waals surface area contributed by atoms with Gasteiger partial charge in [-0.05, 0) is 30.3 Å². The zero-order valence-electron chi connectivity index (χ0n) is 10.4. The predicted molar refractivity (Wildman–Crippen MR) is 71.9 cm³/mol. The summed E-state index contributed by atoms with van der Waals surface area (Å²) >= 11 is 2.01. The third-order valence-corrected chi connectivity index (χ3v) is 3.99. The molecule has 1 aromatic heterocycles. The largest absolute Gasteiger partial charge is 0.464 e. The van der Waals surface area contributed by atoms with Crippen LogP contribution in [-0.2, 0) is 4.74 Å². The molecule has 0 radical (unpaired) electrons. The van der Waals surface area contributed by atoms with Crippen LogP contribution in [0.5, 0.6) is 0 Å². The van der Waals surface area contributed by atoms with Crippen molar-refractivity contribution in [2.75, 3.05) is 30.5 Å².